The molecule has 0 bridgehead atoms. The Morgan fingerprint density at radius 2 is 2.33 bits per heavy atom. The predicted octanol–water partition coefficient (Wildman–Crippen LogP) is 2.49. The Kier molecular flexibility index (Phi) is 2.02. The average Bonchev–Trinajstić information content (AvgIpc) is 2.33. The number of rotatable bonds is 0. The highest BCUT2D eigenvalue weighted by Gasteiger charge is 2.23. The van der Waals surface area contributed by atoms with Gasteiger partial charge in [-0.15, -0.1) is 0 Å². The lowest BCUT2D eigenvalue weighted by atomic mass is 10.1. The van der Waals surface area contributed by atoms with E-state index in [-0.39, 0.29) is 6.04 Å². The van der Waals surface area contributed by atoms with Crippen LogP contribution >= 0.6 is 27.5 Å². The maximum absolute atomic E-state index is 5.93. The van der Waals surface area contributed by atoms with Gasteiger partial charge in [-0.3, -0.25) is 0 Å². The first-order valence-electron chi connectivity index (χ1n) is 3.56. The molecule has 12 heavy (non-hydrogen) atoms. The van der Waals surface area contributed by atoms with Gasteiger partial charge in [-0.25, -0.2) is 0 Å². The summed E-state index contributed by atoms with van der Waals surface area (Å²) in [6.45, 7) is 0.519. The zero-order valence-electron chi connectivity index (χ0n) is 6.18. The smallest absolute Gasteiger partial charge is 0.142 e. The molecule has 0 spiro atoms. The fourth-order valence-electron chi connectivity index (χ4n) is 1.27. The third-order valence-electron chi connectivity index (χ3n) is 1.84. The summed E-state index contributed by atoms with van der Waals surface area (Å²) in [5.41, 5.74) is 6.76. The van der Waals surface area contributed by atoms with Crippen molar-refractivity contribution in [2.45, 2.75) is 6.04 Å². The van der Waals surface area contributed by atoms with Gasteiger partial charge >= 0.3 is 0 Å². The quantitative estimate of drug-likeness (QED) is 0.766. The van der Waals surface area contributed by atoms with Gasteiger partial charge < -0.3 is 10.5 Å². The number of hydrogen-bond donors (Lipinski definition) is 1. The van der Waals surface area contributed by atoms with E-state index in [1.54, 1.807) is 6.07 Å². The standard InChI is InChI=1S/C8H7BrClNO/c9-4-1-5-7(11)3-12-8(5)6(10)2-4/h1-2,7H,3,11H2. The Morgan fingerprint density at radius 3 is 3.08 bits per heavy atom. The number of benzene rings is 1. The highest BCUT2D eigenvalue weighted by Crippen LogP contribution is 2.39. The maximum Gasteiger partial charge on any atom is 0.142 e. The van der Waals surface area contributed by atoms with Crippen molar-refractivity contribution >= 4 is 27.5 Å². The molecule has 1 aromatic rings. The van der Waals surface area contributed by atoms with E-state index in [1.165, 1.54) is 0 Å². The van der Waals surface area contributed by atoms with E-state index in [0.29, 0.717) is 11.6 Å². The molecule has 2 nitrogen and oxygen atoms in total. The fraction of sp³-hybridized carbons (Fsp3) is 0.250. The minimum atomic E-state index is -0.0463. The molecule has 1 unspecified atom stereocenters. The van der Waals surface area contributed by atoms with Crippen LogP contribution in [0.5, 0.6) is 5.75 Å². The minimum Gasteiger partial charge on any atom is -0.490 e. The summed E-state index contributed by atoms with van der Waals surface area (Å²) in [5, 5.41) is 0.618. The highest BCUT2D eigenvalue weighted by atomic mass is 79.9. The number of halogens is 2. The Balaban J connectivity index is 2.60. The zero-order chi connectivity index (χ0) is 8.72. The van der Waals surface area contributed by atoms with Gasteiger partial charge in [0.2, 0.25) is 0 Å². The second-order valence-electron chi connectivity index (χ2n) is 2.72. The first-order valence-corrected chi connectivity index (χ1v) is 4.73. The van der Waals surface area contributed by atoms with E-state index >= 15 is 0 Å². The Morgan fingerprint density at radius 1 is 1.58 bits per heavy atom. The van der Waals surface area contributed by atoms with Crippen molar-refractivity contribution in [3.05, 3.63) is 27.2 Å². The van der Waals surface area contributed by atoms with Crippen molar-refractivity contribution in [3.8, 4) is 5.75 Å². The molecule has 2 N–H and O–H groups in total. The Hall–Kier alpha value is -0.250. The highest BCUT2D eigenvalue weighted by molar-refractivity contribution is 9.10. The number of ether oxygens (including phenoxy) is 1. The van der Waals surface area contributed by atoms with E-state index in [2.05, 4.69) is 15.9 Å². The topological polar surface area (TPSA) is 35.2 Å². The van der Waals surface area contributed by atoms with Crippen molar-refractivity contribution < 1.29 is 4.74 Å². The van der Waals surface area contributed by atoms with Gasteiger partial charge in [0, 0.05) is 10.0 Å². The first kappa shape index (κ1) is 8.35. The molecule has 0 fully saturated rings. The van der Waals surface area contributed by atoms with Gasteiger partial charge in [-0.2, -0.15) is 0 Å². The lowest BCUT2D eigenvalue weighted by molar-refractivity contribution is 0.333. The zero-order valence-corrected chi connectivity index (χ0v) is 8.52. The van der Waals surface area contributed by atoms with Crippen LogP contribution in [0.2, 0.25) is 5.02 Å². The van der Waals surface area contributed by atoms with Crippen molar-refractivity contribution in [3.63, 3.8) is 0 Å². The molecule has 1 aliphatic rings. The van der Waals surface area contributed by atoms with Crippen LogP contribution in [-0.4, -0.2) is 6.61 Å². The van der Waals surface area contributed by atoms with Crippen LogP contribution < -0.4 is 10.5 Å². The van der Waals surface area contributed by atoms with Gasteiger partial charge in [-0.1, -0.05) is 27.5 Å². The second kappa shape index (κ2) is 2.91. The first-order chi connectivity index (χ1) is 5.68. The molecular formula is C8H7BrClNO. The van der Waals surface area contributed by atoms with Gasteiger partial charge in [0.25, 0.3) is 0 Å². The molecule has 1 aliphatic heterocycles. The SMILES string of the molecule is NC1COc2c(Cl)cc(Br)cc21. The summed E-state index contributed by atoms with van der Waals surface area (Å²) in [7, 11) is 0. The van der Waals surface area contributed by atoms with Crippen molar-refractivity contribution in [2.75, 3.05) is 6.61 Å². The van der Waals surface area contributed by atoms with Crippen molar-refractivity contribution in [1.29, 1.82) is 0 Å². The largest absolute Gasteiger partial charge is 0.490 e. The number of nitrogens with two attached hydrogens (primary N) is 1. The molecule has 4 heteroatoms. The molecule has 0 radical (unpaired) electrons. The van der Waals surface area contributed by atoms with Gasteiger partial charge in [0.15, 0.2) is 0 Å². The monoisotopic (exact) mass is 247 g/mol. The van der Waals surface area contributed by atoms with E-state index < -0.39 is 0 Å². The molecule has 0 aromatic heterocycles. The molecule has 0 saturated carbocycles. The van der Waals surface area contributed by atoms with Crippen molar-refractivity contribution in [2.24, 2.45) is 5.73 Å². The third-order valence-corrected chi connectivity index (χ3v) is 2.58. The van der Waals surface area contributed by atoms with E-state index in [0.717, 1.165) is 15.8 Å². The molecule has 64 valence electrons. The van der Waals surface area contributed by atoms with E-state index in [4.69, 9.17) is 22.1 Å². The molecule has 1 atom stereocenters. The molecule has 2 rings (SSSR count). The Labute approximate surface area is 83.8 Å². The van der Waals surface area contributed by atoms with Gasteiger partial charge in [0.1, 0.15) is 12.4 Å². The summed E-state index contributed by atoms with van der Waals surface area (Å²) in [6, 6.07) is 3.70. The van der Waals surface area contributed by atoms with E-state index in [9.17, 15) is 0 Å². The summed E-state index contributed by atoms with van der Waals surface area (Å²) in [5.74, 6) is 0.729. The van der Waals surface area contributed by atoms with Gasteiger partial charge in [0.05, 0.1) is 11.1 Å². The van der Waals surface area contributed by atoms with Crippen molar-refractivity contribution in [1.82, 2.24) is 0 Å². The predicted molar refractivity (Wildman–Crippen MR) is 51.6 cm³/mol. The number of fused-ring (bicyclic) bond motifs is 1. The number of hydrogen-bond acceptors (Lipinski definition) is 2. The Bertz CT molecular complexity index is 329. The van der Waals surface area contributed by atoms with Gasteiger partial charge in [-0.05, 0) is 12.1 Å². The van der Waals surface area contributed by atoms with Crippen LogP contribution in [0.4, 0.5) is 0 Å². The van der Waals surface area contributed by atoms with Crippen LogP contribution in [-0.2, 0) is 0 Å². The molecule has 1 heterocycles. The maximum atomic E-state index is 5.93. The lowest BCUT2D eigenvalue weighted by Gasteiger charge is -2.02. The lowest BCUT2D eigenvalue weighted by Crippen LogP contribution is -2.10. The summed E-state index contributed by atoms with van der Waals surface area (Å²) < 4.78 is 6.26. The third kappa shape index (κ3) is 1.22. The van der Waals surface area contributed by atoms with Crippen LogP contribution in [0.1, 0.15) is 11.6 Å². The average molecular weight is 249 g/mol. The van der Waals surface area contributed by atoms with Crippen LogP contribution in [0.15, 0.2) is 16.6 Å². The molecule has 1 aromatic carbocycles. The molecule has 0 saturated heterocycles. The summed E-state index contributed by atoms with van der Waals surface area (Å²) >= 11 is 9.28. The molecule has 0 amide bonds. The van der Waals surface area contributed by atoms with Crippen LogP contribution in [0.25, 0.3) is 0 Å². The fourth-order valence-corrected chi connectivity index (χ4v) is 2.16. The second-order valence-corrected chi connectivity index (χ2v) is 4.05. The summed E-state index contributed by atoms with van der Waals surface area (Å²) in [6.07, 6.45) is 0. The molecular weight excluding hydrogens is 241 g/mol. The molecule has 0 aliphatic carbocycles. The van der Waals surface area contributed by atoms with Crippen LogP contribution in [0.3, 0.4) is 0 Å². The van der Waals surface area contributed by atoms with E-state index in [1.807, 2.05) is 6.07 Å². The van der Waals surface area contributed by atoms with Crippen LogP contribution in [0, 0.1) is 0 Å². The summed E-state index contributed by atoms with van der Waals surface area (Å²) in [4.78, 5) is 0. The normalized spacial score (nSPS) is 20.4. The minimum absolute atomic E-state index is 0.0463.